The molecule has 0 spiro atoms. The molecular weight excluding hydrogens is 284 g/mol. The smallest absolute Gasteiger partial charge is 0.262 e. The summed E-state index contributed by atoms with van der Waals surface area (Å²) in [7, 11) is 0. The number of anilines is 1. The Morgan fingerprint density at radius 1 is 1.29 bits per heavy atom. The maximum atomic E-state index is 11.9. The molecule has 4 nitrogen and oxygen atoms in total. The number of aryl methyl sites for hydroxylation is 2. The van der Waals surface area contributed by atoms with Crippen molar-refractivity contribution in [2.24, 2.45) is 0 Å². The highest BCUT2D eigenvalue weighted by Gasteiger charge is 2.06. The summed E-state index contributed by atoms with van der Waals surface area (Å²) in [6.45, 7) is 3.93. The number of nitrogens with one attached hydrogen (secondary N) is 1. The van der Waals surface area contributed by atoms with E-state index < -0.39 is 0 Å². The van der Waals surface area contributed by atoms with E-state index in [1.807, 2.05) is 50.4 Å². The number of carbonyl (C=O) groups excluding carboxylic acids is 1. The Labute approximate surface area is 128 Å². The SMILES string of the molecule is CSc1ccc(NC(=O)COc2cc(C)ccc2C)cn1. The van der Waals surface area contributed by atoms with E-state index >= 15 is 0 Å². The van der Waals surface area contributed by atoms with Gasteiger partial charge in [0, 0.05) is 0 Å². The highest BCUT2D eigenvalue weighted by molar-refractivity contribution is 7.98. The monoisotopic (exact) mass is 302 g/mol. The first kappa shape index (κ1) is 15.4. The van der Waals surface area contributed by atoms with Crippen LogP contribution in [0.5, 0.6) is 5.75 Å². The summed E-state index contributed by atoms with van der Waals surface area (Å²) < 4.78 is 5.56. The number of rotatable bonds is 5. The van der Waals surface area contributed by atoms with Gasteiger partial charge in [-0.25, -0.2) is 4.98 Å². The minimum atomic E-state index is -0.199. The molecule has 0 aliphatic heterocycles. The number of nitrogens with zero attached hydrogens (tertiary/aromatic N) is 1. The van der Waals surface area contributed by atoms with Crippen molar-refractivity contribution in [3.8, 4) is 5.75 Å². The predicted octanol–water partition coefficient (Wildman–Crippen LogP) is 3.44. The van der Waals surface area contributed by atoms with Gasteiger partial charge in [-0.1, -0.05) is 12.1 Å². The fourth-order valence-corrected chi connectivity index (χ4v) is 2.14. The summed E-state index contributed by atoms with van der Waals surface area (Å²) in [6, 6.07) is 9.62. The second-order valence-corrected chi connectivity index (χ2v) is 5.52. The van der Waals surface area contributed by atoms with Crippen LogP contribution in [-0.2, 0) is 4.79 Å². The molecule has 2 rings (SSSR count). The Balaban J connectivity index is 1.91. The van der Waals surface area contributed by atoms with Crippen molar-refractivity contribution in [1.82, 2.24) is 4.98 Å². The first-order chi connectivity index (χ1) is 10.1. The van der Waals surface area contributed by atoms with E-state index in [0.29, 0.717) is 5.69 Å². The molecule has 0 saturated heterocycles. The van der Waals surface area contributed by atoms with Crippen LogP contribution in [0.3, 0.4) is 0 Å². The molecule has 5 heteroatoms. The van der Waals surface area contributed by atoms with E-state index in [2.05, 4.69) is 10.3 Å². The van der Waals surface area contributed by atoms with Gasteiger partial charge in [-0.15, -0.1) is 11.8 Å². The minimum absolute atomic E-state index is 0.0193. The van der Waals surface area contributed by atoms with Crippen LogP contribution in [0.1, 0.15) is 11.1 Å². The topological polar surface area (TPSA) is 51.2 Å². The second-order valence-electron chi connectivity index (χ2n) is 4.70. The zero-order chi connectivity index (χ0) is 15.2. The molecule has 0 aliphatic carbocycles. The molecule has 0 aliphatic rings. The van der Waals surface area contributed by atoms with Crippen molar-refractivity contribution >= 4 is 23.4 Å². The first-order valence-corrected chi connectivity index (χ1v) is 7.81. The van der Waals surface area contributed by atoms with Gasteiger partial charge in [0.2, 0.25) is 0 Å². The van der Waals surface area contributed by atoms with E-state index in [-0.39, 0.29) is 12.5 Å². The lowest BCUT2D eigenvalue weighted by molar-refractivity contribution is -0.118. The molecule has 21 heavy (non-hydrogen) atoms. The Morgan fingerprint density at radius 3 is 2.76 bits per heavy atom. The van der Waals surface area contributed by atoms with Gasteiger partial charge in [0.25, 0.3) is 5.91 Å². The van der Waals surface area contributed by atoms with Crippen molar-refractivity contribution < 1.29 is 9.53 Å². The van der Waals surface area contributed by atoms with Gasteiger partial charge in [-0.05, 0) is 49.4 Å². The normalized spacial score (nSPS) is 10.2. The molecule has 1 heterocycles. The number of thioether (sulfide) groups is 1. The van der Waals surface area contributed by atoms with Crippen LogP contribution >= 0.6 is 11.8 Å². The minimum Gasteiger partial charge on any atom is -0.483 e. The number of ether oxygens (including phenoxy) is 1. The zero-order valence-electron chi connectivity index (χ0n) is 12.3. The third-order valence-electron chi connectivity index (χ3n) is 2.93. The number of benzene rings is 1. The Morgan fingerprint density at radius 2 is 2.10 bits per heavy atom. The zero-order valence-corrected chi connectivity index (χ0v) is 13.2. The van der Waals surface area contributed by atoms with E-state index in [1.165, 1.54) is 0 Å². The average molecular weight is 302 g/mol. The lowest BCUT2D eigenvalue weighted by Crippen LogP contribution is -2.20. The standard InChI is InChI=1S/C16H18N2O2S/c1-11-4-5-12(2)14(8-11)20-10-15(19)18-13-6-7-16(21-3)17-9-13/h4-9H,10H2,1-3H3,(H,18,19). The molecule has 1 aromatic carbocycles. The number of amides is 1. The summed E-state index contributed by atoms with van der Waals surface area (Å²) in [6.07, 6.45) is 3.60. The molecule has 0 saturated carbocycles. The van der Waals surface area contributed by atoms with Crippen LogP contribution < -0.4 is 10.1 Å². The average Bonchev–Trinajstić information content (AvgIpc) is 2.49. The Kier molecular flexibility index (Phi) is 5.22. The molecule has 1 N–H and O–H groups in total. The highest BCUT2D eigenvalue weighted by Crippen LogP contribution is 2.19. The maximum absolute atomic E-state index is 11.9. The molecule has 110 valence electrons. The predicted molar refractivity (Wildman–Crippen MR) is 86.1 cm³/mol. The first-order valence-electron chi connectivity index (χ1n) is 6.58. The molecule has 0 radical (unpaired) electrons. The molecular formula is C16H18N2O2S. The van der Waals surface area contributed by atoms with Gasteiger partial charge in [0.15, 0.2) is 6.61 Å². The van der Waals surface area contributed by atoms with Crippen LogP contribution in [0.2, 0.25) is 0 Å². The number of pyridine rings is 1. The number of hydrogen-bond acceptors (Lipinski definition) is 4. The van der Waals surface area contributed by atoms with Crippen molar-refractivity contribution in [1.29, 1.82) is 0 Å². The van der Waals surface area contributed by atoms with E-state index in [0.717, 1.165) is 21.9 Å². The van der Waals surface area contributed by atoms with Gasteiger partial charge in [0.1, 0.15) is 5.75 Å². The fourth-order valence-electron chi connectivity index (χ4n) is 1.78. The third kappa shape index (κ3) is 4.49. The lowest BCUT2D eigenvalue weighted by Gasteiger charge is -2.10. The lowest BCUT2D eigenvalue weighted by atomic mass is 10.1. The van der Waals surface area contributed by atoms with Crippen LogP contribution in [0.15, 0.2) is 41.6 Å². The van der Waals surface area contributed by atoms with E-state index in [1.54, 1.807) is 18.0 Å². The van der Waals surface area contributed by atoms with Gasteiger partial charge in [-0.3, -0.25) is 4.79 Å². The van der Waals surface area contributed by atoms with Gasteiger partial charge < -0.3 is 10.1 Å². The largest absolute Gasteiger partial charge is 0.483 e. The number of carbonyl (C=O) groups is 1. The summed E-state index contributed by atoms with van der Waals surface area (Å²) in [4.78, 5) is 16.1. The molecule has 1 amide bonds. The molecule has 0 unspecified atom stereocenters. The van der Waals surface area contributed by atoms with Crippen molar-refractivity contribution in [2.75, 3.05) is 18.2 Å². The molecule has 0 fully saturated rings. The number of aromatic nitrogens is 1. The van der Waals surface area contributed by atoms with Gasteiger partial charge in [0.05, 0.1) is 16.9 Å². The highest BCUT2D eigenvalue weighted by atomic mass is 32.2. The summed E-state index contributed by atoms with van der Waals surface area (Å²) in [5.41, 5.74) is 2.79. The van der Waals surface area contributed by atoms with Crippen molar-refractivity contribution in [2.45, 2.75) is 18.9 Å². The Bertz CT molecular complexity index is 627. The summed E-state index contributed by atoms with van der Waals surface area (Å²) in [5, 5.41) is 3.68. The van der Waals surface area contributed by atoms with Gasteiger partial charge in [-0.2, -0.15) is 0 Å². The molecule has 0 bridgehead atoms. The van der Waals surface area contributed by atoms with Crippen LogP contribution in [0.25, 0.3) is 0 Å². The van der Waals surface area contributed by atoms with E-state index in [4.69, 9.17) is 4.74 Å². The Hall–Kier alpha value is -2.01. The quantitative estimate of drug-likeness (QED) is 0.860. The van der Waals surface area contributed by atoms with Crippen LogP contribution in [0, 0.1) is 13.8 Å². The van der Waals surface area contributed by atoms with Crippen LogP contribution in [-0.4, -0.2) is 23.8 Å². The fraction of sp³-hybridized carbons (Fsp3) is 0.250. The number of hydrogen-bond donors (Lipinski definition) is 1. The molecule has 1 aromatic heterocycles. The second kappa shape index (κ2) is 7.13. The third-order valence-corrected chi connectivity index (χ3v) is 3.59. The van der Waals surface area contributed by atoms with Crippen molar-refractivity contribution in [3.05, 3.63) is 47.7 Å². The summed E-state index contributed by atoms with van der Waals surface area (Å²) >= 11 is 1.56. The maximum Gasteiger partial charge on any atom is 0.262 e. The van der Waals surface area contributed by atoms with Gasteiger partial charge >= 0.3 is 0 Å². The van der Waals surface area contributed by atoms with Crippen molar-refractivity contribution in [3.63, 3.8) is 0 Å². The van der Waals surface area contributed by atoms with E-state index in [9.17, 15) is 4.79 Å². The summed E-state index contributed by atoms with van der Waals surface area (Å²) in [5.74, 6) is 0.538. The molecule has 0 atom stereocenters. The molecule has 2 aromatic rings. The van der Waals surface area contributed by atoms with Crippen LogP contribution in [0.4, 0.5) is 5.69 Å².